The smallest absolute Gasteiger partial charge is 0.167 e. The zero-order chi connectivity index (χ0) is 14.5. The van der Waals surface area contributed by atoms with Gasteiger partial charge < -0.3 is 4.74 Å². The van der Waals surface area contributed by atoms with Crippen molar-refractivity contribution >= 4 is 29.0 Å². The number of ketones is 1. The van der Waals surface area contributed by atoms with E-state index in [1.807, 2.05) is 6.92 Å². The second-order valence-corrected chi connectivity index (χ2v) is 5.14. The molecule has 0 radical (unpaired) electrons. The summed E-state index contributed by atoms with van der Waals surface area (Å²) >= 11 is 12.0. The largest absolute Gasteiger partial charge is 0.494 e. The molecule has 2 aromatic carbocycles. The molecule has 4 heteroatoms. The number of rotatable bonds is 5. The second kappa shape index (κ2) is 6.78. The summed E-state index contributed by atoms with van der Waals surface area (Å²) in [6.07, 6.45) is 0.230. The number of carbonyl (C=O) groups excluding carboxylic acids is 1. The highest BCUT2D eigenvalue weighted by Gasteiger charge is 2.10. The Labute approximate surface area is 128 Å². The maximum absolute atomic E-state index is 12.2. The maximum Gasteiger partial charge on any atom is 0.167 e. The van der Waals surface area contributed by atoms with Gasteiger partial charge in [0.1, 0.15) is 5.75 Å². The van der Waals surface area contributed by atoms with E-state index in [1.165, 1.54) is 0 Å². The third-order valence-electron chi connectivity index (χ3n) is 2.85. The van der Waals surface area contributed by atoms with Crippen molar-refractivity contribution in [2.75, 3.05) is 6.61 Å². The van der Waals surface area contributed by atoms with E-state index in [4.69, 9.17) is 27.9 Å². The SMILES string of the molecule is CCOc1ccc(C(=O)Cc2cc(Cl)ccc2Cl)cc1. The van der Waals surface area contributed by atoms with Crippen LogP contribution in [0.25, 0.3) is 0 Å². The quantitative estimate of drug-likeness (QED) is 0.740. The van der Waals surface area contributed by atoms with Crippen LogP contribution >= 0.6 is 23.2 Å². The maximum atomic E-state index is 12.2. The number of benzene rings is 2. The first-order valence-electron chi connectivity index (χ1n) is 6.30. The Bertz CT molecular complexity index is 606. The minimum Gasteiger partial charge on any atom is -0.494 e. The lowest BCUT2D eigenvalue weighted by Crippen LogP contribution is -2.04. The standard InChI is InChI=1S/C16H14Cl2O2/c1-2-20-14-6-3-11(4-7-14)16(19)10-12-9-13(17)5-8-15(12)18/h3-9H,2,10H2,1H3. The zero-order valence-corrected chi connectivity index (χ0v) is 12.5. The zero-order valence-electron chi connectivity index (χ0n) is 11.0. The molecule has 0 bridgehead atoms. The molecule has 20 heavy (non-hydrogen) atoms. The van der Waals surface area contributed by atoms with Crippen LogP contribution in [-0.2, 0) is 6.42 Å². The monoisotopic (exact) mass is 308 g/mol. The van der Waals surface area contributed by atoms with Gasteiger partial charge in [0.05, 0.1) is 6.61 Å². The van der Waals surface area contributed by atoms with Gasteiger partial charge in [0, 0.05) is 22.0 Å². The van der Waals surface area contributed by atoms with E-state index in [2.05, 4.69) is 0 Å². The van der Waals surface area contributed by atoms with Crippen molar-refractivity contribution in [3.63, 3.8) is 0 Å². The fraction of sp³-hybridized carbons (Fsp3) is 0.188. The Hall–Kier alpha value is -1.51. The normalized spacial score (nSPS) is 10.3. The molecule has 2 rings (SSSR count). The highest BCUT2D eigenvalue weighted by molar-refractivity contribution is 6.33. The van der Waals surface area contributed by atoms with Crippen LogP contribution in [0.2, 0.25) is 10.0 Å². The first-order chi connectivity index (χ1) is 9.60. The van der Waals surface area contributed by atoms with Gasteiger partial charge in [0.2, 0.25) is 0 Å². The van der Waals surface area contributed by atoms with Crippen molar-refractivity contribution in [3.8, 4) is 5.75 Å². The van der Waals surface area contributed by atoms with E-state index in [0.717, 1.165) is 11.3 Å². The van der Waals surface area contributed by atoms with E-state index in [1.54, 1.807) is 42.5 Å². The van der Waals surface area contributed by atoms with Crippen molar-refractivity contribution in [1.82, 2.24) is 0 Å². The van der Waals surface area contributed by atoms with Gasteiger partial charge in [0.25, 0.3) is 0 Å². The molecule has 0 saturated heterocycles. The molecule has 0 N–H and O–H groups in total. The summed E-state index contributed by atoms with van der Waals surface area (Å²) in [5, 5.41) is 1.12. The van der Waals surface area contributed by atoms with Crippen molar-refractivity contribution < 1.29 is 9.53 Å². The van der Waals surface area contributed by atoms with Gasteiger partial charge in [-0.05, 0) is 55.0 Å². The van der Waals surface area contributed by atoms with Gasteiger partial charge in [-0.1, -0.05) is 23.2 Å². The summed E-state index contributed by atoms with van der Waals surface area (Å²) in [4.78, 5) is 12.2. The van der Waals surface area contributed by atoms with Crippen molar-refractivity contribution in [1.29, 1.82) is 0 Å². The van der Waals surface area contributed by atoms with Crippen LogP contribution in [0.5, 0.6) is 5.75 Å². The van der Waals surface area contributed by atoms with Gasteiger partial charge in [-0.15, -0.1) is 0 Å². The topological polar surface area (TPSA) is 26.3 Å². The number of hydrogen-bond acceptors (Lipinski definition) is 2. The minimum atomic E-state index is -0.00258. The third kappa shape index (κ3) is 3.75. The molecule has 0 fully saturated rings. The summed E-state index contributed by atoms with van der Waals surface area (Å²) in [6, 6.07) is 12.2. The van der Waals surface area contributed by atoms with Gasteiger partial charge in [0.15, 0.2) is 5.78 Å². The Balaban J connectivity index is 2.13. The molecule has 0 aliphatic heterocycles. The molecule has 0 heterocycles. The van der Waals surface area contributed by atoms with Crippen LogP contribution in [0.1, 0.15) is 22.8 Å². The average Bonchev–Trinajstić information content (AvgIpc) is 2.44. The second-order valence-electron chi connectivity index (χ2n) is 4.29. The van der Waals surface area contributed by atoms with Gasteiger partial charge in [-0.2, -0.15) is 0 Å². The highest BCUT2D eigenvalue weighted by Crippen LogP contribution is 2.22. The molecule has 0 aromatic heterocycles. The Kier molecular flexibility index (Phi) is 5.05. The van der Waals surface area contributed by atoms with Crippen LogP contribution in [0.3, 0.4) is 0 Å². The van der Waals surface area contributed by atoms with E-state index in [0.29, 0.717) is 22.2 Å². The first-order valence-corrected chi connectivity index (χ1v) is 7.05. The van der Waals surface area contributed by atoms with Gasteiger partial charge in [-0.3, -0.25) is 4.79 Å². The van der Waals surface area contributed by atoms with Crippen LogP contribution in [-0.4, -0.2) is 12.4 Å². The summed E-state index contributed by atoms with van der Waals surface area (Å²) in [5.41, 5.74) is 1.36. The average molecular weight is 309 g/mol. The molecule has 0 saturated carbocycles. The lowest BCUT2D eigenvalue weighted by Gasteiger charge is -2.06. The van der Waals surface area contributed by atoms with Gasteiger partial charge in [-0.25, -0.2) is 0 Å². The van der Waals surface area contributed by atoms with Crippen molar-refractivity contribution in [2.24, 2.45) is 0 Å². The number of Topliss-reactive ketones (excluding diaryl/α,β-unsaturated/α-hetero) is 1. The van der Waals surface area contributed by atoms with E-state index in [-0.39, 0.29) is 12.2 Å². The predicted octanol–water partition coefficient (Wildman–Crippen LogP) is 4.82. The van der Waals surface area contributed by atoms with Crippen LogP contribution in [0.15, 0.2) is 42.5 Å². The molecule has 0 amide bonds. The van der Waals surface area contributed by atoms with Crippen molar-refractivity contribution in [3.05, 3.63) is 63.6 Å². The summed E-state index contributed by atoms with van der Waals surface area (Å²) in [6.45, 7) is 2.52. The van der Waals surface area contributed by atoms with E-state index < -0.39 is 0 Å². The number of hydrogen-bond donors (Lipinski definition) is 0. The first kappa shape index (κ1) is 14.9. The lowest BCUT2D eigenvalue weighted by atomic mass is 10.0. The predicted molar refractivity (Wildman–Crippen MR) is 82.1 cm³/mol. The van der Waals surface area contributed by atoms with E-state index in [9.17, 15) is 4.79 Å². The third-order valence-corrected chi connectivity index (χ3v) is 3.45. The van der Waals surface area contributed by atoms with Crippen LogP contribution in [0, 0.1) is 0 Å². The van der Waals surface area contributed by atoms with E-state index >= 15 is 0 Å². The summed E-state index contributed by atoms with van der Waals surface area (Å²) in [5.74, 6) is 0.752. The lowest BCUT2D eigenvalue weighted by molar-refractivity contribution is 0.0993. The molecule has 0 atom stereocenters. The van der Waals surface area contributed by atoms with Crippen LogP contribution < -0.4 is 4.74 Å². The molecule has 0 spiro atoms. The number of ether oxygens (including phenoxy) is 1. The number of carbonyl (C=O) groups is 1. The molecule has 2 aromatic rings. The molecular formula is C16H14Cl2O2. The molecule has 104 valence electrons. The fourth-order valence-corrected chi connectivity index (χ4v) is 2.24. The Morgan fingerprint density at radius 2 is 1.80 bits per heavy atom. The highest BCUT2D eigenvalue weighted by atomic mass is 35.5. The van der Waals surface area contributed by atoms with Crippen molar-refractivity contribution in [2.45, 2.75) is 13.3 Å². The fourth-order valence-electron chi connectivity index (χ4n) is 1.86. The molecule has 0 aliphatic rings. The molecule has 0 unspecified atom stereocenters. The molecule has 0 aliphatic carbocycles. The van der Waals surface area contributed by atoms with Crippen LogP contribution in [0.4, 0.5) is 0 Å². The minimum absolute atomic E-state index is 0.00258. The molecule has 2 nitrogen and oxygen atoms in total. The van der Waals surface area contributed by atoms with Gasteiger partial charge >= 0.3 is 0 Å². The Morgan fingerprint density at radius 1 is 1.10 bits per heavy atom. The Morgan fingerprint density at radius 3 is 2.45 bits per heavy atom. The summed E-state index contributed by atoms with van der Waals surface area (Å²) < 4.78 is 5.34. The molecular weight excluding hydrogens is 295 g/mol. The summed E-state index contributed by atoms with van der Waals surface area (Å²) in [7, 11) is 0. The number of halogens is 2.